The number of sulfonamides is 1. The van der Waals surface area contributed by atoms with Crippen molar-refractivity contribution >= 4 is 55.9 Å². The van der Waals surface area contributed by atoms with Crippen LogP contribution < -0.4 is 19.7 Å². The van der Waals surface area contributed by atoms with Gasteiger partial charge in [0.1, 0.15) is 40.7 Å². The molecule has 0 aliphatic carbocycles. The molecule has 5 aromatic rings. The molecule has 15 nitrogen and oxygen atoms in total. The van der Waals surface area contributed by atoms with E-state index in [4.69, 9.17) is 9.47 Å². The number of β-amino-alcohol motifs (C(OH)–C–C–N with tert-alkyl or cyclic N) is 1. The first-order valence-corrected chi connectivity index (χ1v) is 26.6. The van der Waals surface area contributed by atoms with Crippen molar-refractivity contribution in [2.45, 2.75) is 115 Å². The fourth-order valence-electron chi connectivity index (χ4n) is 9.79. The molecule has 0 saturated carbocycles. The Bertz CT molecular complexity index is 2830. The minimum Gasteiger partial charge on any atom is -0.508 e. The van der Waals surface area contributed by atoms with Gasteiger partial charge in [0.05, 0.1) is 40.6 Å². The highest BCUT2D eigenvalue weighted by molar-refractivity contribution is 7.93. The fourth-order valence-corrected chi connectivity index (χ4v) is 12.6. The highest BCUT2D eigenvalue weighted by atomic mass is 32.2. The number of unbranched alkanes of at least 4 members (excludes halogenated alkanes) is 2. The number of phenols is 2. The van der Waals surface area contributed by atoms with Crippen LogP contribution in [-0.2, 0) is 35.7 Å². The van der Waals surface area contributed by atoms with Crippen LogP contribution in [0.2, 0.25) is 0 Å². The summed E-state index contributed by atoms with van der Waals surface area (Å²) in [6, 6.07) is 26.4. The third-order valence-corrected chi connectivity index (χ3v) is 16.7. The van der Waals surface area contributed by atoms with Gasteiger partial charge in [0, 0.05) is 32.5 Å². The number of thiazole rings is 1. The van der Waals surface area contributed by atoms with Crippen molar-refractivity contribution in [1.82, 2.24) is 20.5 Å². The van der Waals surface area contributed by atoms with Gasteiger partial charge in [-0.1, -0.05) is 69.3 Å². The van der Waals surface area contributed by atoms with E-state index in [1.807, 2.05) is 57.5 Å². The number of hydrogen-bond donors (Lipinski definition) is 5. The molecule has 0 radical (unpaired) electrons. The van der Waals surface area contributed by atoms with E-state index < -0.39 is 57.0 Å². The first-order chi connectivity index (χ1) is 33.9. The molecule has 6 unspecified atom stereocenters. The molecule has 17 heteroatoms. The van der Waals surface area contributed by atoms with Gasteiger partial charge in [-0.2, -0.15) is 0 Å². The fraction of sp³-hybridized carbons (Fsp3) is 0.407. The summed E-state index contributed by atoms with van der Waals surface area (Å²) in [5.74, 6) is -0.279. The molecule has 3 aliphatic heterocycles. The van der Waals surface area contributed by atoms with Gasteiger partial charge >= 0.3 is 0 Å². The largest absolute Gasteiger partial charge is 0.508 e. The zero-order chi connectivity index (χ0) is 50.6. The minimum absolute atomic E-state index is 0.0101. The van der Waals surface area contributed by atoms with E-state index in [-0.39, 0.29) is 62.2 Å². The normalized spacial score (nSPS) is 20.3. The van der Waals surface area contributed by atoms with E-state index in [0.29, 0.717) is 37.3 Å². The molecule has 0 spiro atoms. The predicted molar refractivity (Wildman–Crippen MR) is 274 cm³/mol. The van der Waals surface area contributed by atoms with Crippen molar-refractivity contribution in [3.05, 3.63) is 125 Å². The third-order valence-electron chi connectivity index (χ3n) is 13.5. The number of fused-ring (bicyclic) bond motifs is 2. The number of amides is 3. The second-order valence-corrected chi connectivity index (χ2v) is 22.5. The Balaban J connectivity index is 0.804. The van der Waals surface area contributed by atoms with Crippen LogP contribution in [0.25, 0.3) is 21.6 Å². The standard InChI is InChI=1S/C54H63N5O10S2/c1-6-59(71(66,67)45-29-44-47(35-15-21-39(60)22-16-35)48(49(45)69-44)36-17-23-40(61)24-18-36)38-19-25-42(26-20-38)68-27-9-7-8-10-46(63)57-51(54(3,4)5)53(65)58-31-41(62)28-43(58)52(64)55-30-34-11-13-37(14-12-34)50-33(2)56-32-70-50/h11-26,32,41,43-45,49,51,60-62H,6-10,27-31H2,1-5H3,(H,55,64)(H,57,63). The van der Waals surface area contributed by atoms with Crippen molar-refractivity contribution < 1.29 is 47.6 Å². The third kappa shape index (κ3) is 11.4. The molecule has 2 bridgehead atoms. The molecule has 1 aromatic heterocycles. The van der Waals surface area contributed by atoms with E-state index in [1.165, 1.54) is 9.21 Å². The number of aryl methyl sites for hydroxylation is 1. The van der Waals surface area contributed by atoms with E-state index in [1.54, 1.807) is 91.1 Å². The molecule has 376 valence electrons. The van der Waals surface area contributed by atoms with Gasteiger partial charge in [-0.15, -0.1) is 11.3 Å². The van der Waals surface area contributed by atoms with Gasteiger partial charge in [0.2, 0.25) is 27.7 Å². The number of benzene rings is 4. The lowest BCUT2D eigenvalue weighted by Crippen LogP contribution is -2.57. The van der Waals surface area contributed by atoms with Crippen LogP contribution in [0.5, 0.6) is 17.2 Å². The number of carbonyl (C=O) groups is 3. The number of hydrogen-bond acceptors (Lipinski definition) is 12. The first kappa shape index (κ1) is 51.1. The minimum atomic E-state index is -3.93. The Morgan fingerprint density at radius 1 is 0.873 bits per heavy atom. The van der Waals surface area contributed by atoms with Crippen molar-refractivity contribution in [1.29, 1.82) is 0 Å². The highest BCUT2D eigenvalue weighted by Crippen LogP contribution is 2.51. The van der Waals surface area contributed by atoms with Crippen LogP contribution in [0, 0.1) is 12.3 Å². The molecule has 2 saturated heterocycles. The number of anilines is 1. The molecule has 8 rings (SSSR count). The van der Waals surface area contributed by atoms with E-state index in [2.05, 4.69) is 15.6 Å². The molecule has 3 aliphatic rings. The van der Waals surface area contributed by atoms with Gasteiger partial charge in [0.15, 0.2) is 0 Å². The second-order valence-electron chi connectivity index (χ2n) is 19.5. The number of aliphatic hydroxyl groups excluding tert-OH is 1. The monoisotopic (exact) mass is 1010 g/mol. The number of ether oxygens (including phenoxy) is 2. The number of aromatic hydroxyl groups is 2. The SMILES string of the molecule is CCN(c1ccc(OCCCCCC(=O)NC(C(=O)N2CC(O)CC2C(=O)NCc2ccc(-c3scnc3C)cc2)C(C)(C)C)cc1)S(=O)(=O)C1CC2OC1C(c1ccc(O)cc1)=C2c1ccc(O)cc1. The van der Waals surface area contributed by atoms with Crippen molar-refractivity contribution in [2.75, 3.05) is 24.0 Å². The number of likely N-dealkylation sites (tertiary alicyclic amines) is 1. The summed E-state index contributed by atoms with van der Waals surface area (Å²) in [6.07, 6.45) is 0.318. The lowest BCUT2D eigenvalue weighted by atomic mass is 9.83. The summed E-state index contributed by atoms with van der Waals surface area (Å²) in [7, 11) is -3.93. The quantitative estimate of drug-likeness (QED) is 0.0510. The Kier molecular flexibility index (Phi) is 15.6. The van der Waals surface area contributed by atoms with Crippen LogP contribution >= 0.6 is 11.3 Å². The zero-order valence-corrected chi connectivity index (χ0v) is 42.3. The molecule has 4 heterocycles. The van der Waals surface area contributed by atoms with E-state index in [0.717, 1.165) is 44.0 Å². The van der Waals surface area contributed by atoms with E-state index in [9.17, 15) is 38.1 Å². The molecule has 2 fully saturated rings. The maximum absolute atomic E-state index is 14.5. The van der Waals surface area contributed by atoms with Crippen LogP contribution in [0.4, 0.5) is 5.69 Å². The number of phenolic OH excluding ortho intramolecular Hbond substituents is 2. The van der Waals surface area contributed by atoms with Gasteiger partial charge in [0.25, 0.3) is 0 Å². The zero-order valence-electron chi connectivity index (χ0n) is 40.7. The highest BCUT2D eigenvalue weighted by Gasteiger charge is 2.54. The number of aromatic nitrogens is 1. The summed E-state index contributed by atoms with van der Waals surface area (Å²) in [5.41, 5.74) is 7.72. The molecule has 3 amide bonds. The molecule has 5 N–H and O–H groups in total. The number of nitrogens with one attached hydrogen (secondary N) is 2. The predicted octanol–water partition coefficient (Wildman–Crippen LogP) is 7.58. The first-order valence-electron chi connectivity index (χ1n) is 24.2. The van der Waals surface area contributed by atoms with Gasteiger partial charge in [-0.3, -0.25) is 18.7 Å². The number of rotatable bonds is 19. The Morgan fingerprint density at radius 2 is 1.51 bits per heavy atom. The summed E-state index contributed by atoms with van der Waals surface area (Å²) >= 11 is 1.57. The lowest BCUT2D eigenvalue weighted by Gasteiger charge is -2.35. The Hall–Kier alpha value is -6.27. The summed E-state index contributed by atoms with van der Waals surface area (Å²) in [6.45, 7) is 10.1. The van der Waals surface area contributed by atoms with Gasteiger partial charge in [-0.25, -0.2) is 13.4 Å². The van der Waals surface area contributed by atoms with Gasteiger partial charge in [-0.05, 0) is 127 Å². The number of aliphatic hydroxyl groups is 1. The van der Waals surface area contributed by atoms with Crippen LogP contribution in [0.1, 0.15) is 88.6 Å². The molecule has 6 atom stereocenters. The maximum Gasteiger partial charge on any atom is 0.246 e. The molecular formula is C54H63N5O10S2. The van der Waals surface area contributed by atoms with Crippen molar-refractivity contribution in [3.8, 4) is 27.7 Å². The average Bonchev–Trinajstić information content (AvgIpc) is 4.16. The summed E-state index contributed by atoms with van der Waals surface area (Å²) in [4.78, 5) is 47.7. The number of carbonyl (C=O) groups excluding carboxylic acids is 3. The lowest BCUT2D eigenvalue weighted by molar-refractivity contribution is -0.144. The average molecular weight is 1010 g/mol. The summed E-state index contributed by atoms with van der Waals surface area (Å²) < 4.78 is 42.8. The molecular weight excluding hydrogens is 943 g/mol. The van der Waals surface area contributed by atoms with Crippen molar-refractivity contribution in [3.63, 3.8) is 0 Å². The summed E-state index contributed by atoms with van der Waals surface area (Å²) in [5, 5.41) is 35.6. The maximum atomic E-state index is 14.5. The topological polar surface area (TPSA) is 208 Å². The van der Waals surface area contributed by atoms with E-state index >= 15 is 0 Å². The smallest absolute Gasteiger partial charge is 0.246 e. The number of nitrogens with zero attached hydrogens (tertiary/aromatic N) is 3. The second kappa shape index (κ2) is 21.6. The van der Waals surface area contributed by atoms with Gasteiger partial charge < -0.3 is 40.3 Å². The van der Waals surface area contributed by atoms with Crippen LogP contribution in [0.15, 0.2) is 103 Å². The van der Waals surface area contributed by atoms with Crippen molar-refractivity contribution in [2.24, 2.45) is 5.41 Å². The Labute approximate surface area is 419 Å². The van der Waals surface area contributed by atoms with Crippen LogP contribution in [0.3, 0.4) is 0 Å². The molecule has 71 heavy (non-hydrogen) atoms. The Morgan fingerprint density at radius 3 is 2.11 bits per heavy atom. The van der Waals surface area contributed by atoms with Crippen LogP contribution in [-0.4, -0.2) is 107 Å². The molecule has 4 aromatic carbocycles.